The largest absolute Gasteiger partial charge is 0.398 e. The molecule has 0 aliphatic rings. The number of halogens is 1. The molecule has 0 aliphatic carbocycles. The molecule has 4 nitrogen and oxygen atoms in total. The molecule has 1 heterocycles. The maximum absolute atomic E-state index is 12.6. The molecule has 2 aromatic rings. The first-order valence-corrected chi connectivity index (χ1v) is 8.66. The standard InChI is InChI=1S/C15H20ClN3OS/c1-4-12-15(16)13(19(5-2)18-12)9-21(20)14-7-6-10(3)8-11(14)17/h6-8H,4-5,9,17H2,1-3H3. The van der Waals surface area contributed by atoms with Crippen LogP contribution in [0.4, 0.5) is 5.69 Å². The number of benzene rings is 1. The van der Waals surface area contributed by atoms with Crippen LogP contribution in [0.25, 0.3) is 0 Å². The Morgan fingerprint density at radius 3 is 2.67 bits per heavy atom. The molecule has 0 saturated heterocycles. The second-order valence-electron chi connectivity index (χ2n) is 4.91. The molecule has 21 heavy (non-hydrogen) atoms. The van der Waals surface area contributed by atoms with Crippen LogP contribution in [0.2, 0.25) is 5.02 Å². The normalized spacial score (nSPS) is 12.6. The Kier molecular flexibility index (Phi) is 5.06. The number of nitrogens with zero attached hydrogens (tertiary/aromatic N) is 2. The van der Waals surface area contributed by atoms with Crippen molar-refractivity contribution in [1.82, 2.24) is 9.78 Å². The quantitative estimate of drug-likeness (QED) is 0.858. The molecule has 114 valence electrons. The third-order valence-corrected chi connectivity index (χ3v) is 5.21. The monoisotopic (exact) mass is 325 g/mol. The second-order valence-corrected chi connectivity index (χ2v) is 6.71. The Hall–Kier alpha value is -1.33. The molecule has 0 radical (unpaired) electrons. The highest BCUT2D eigenvalue weighted by atomic mass is 35.5. The first-order chi connectivity index (χ1) is 9.97. The van der Waals surface area contributed by atoms with E-state index in [1.165, 1.54) is 0 Å². The lowest BCUT2D eigenvalue weighted by molar-refractivity contribution is 0.623. The lowest BCUT2D eigenvalue weighted by atomic mass is 10.2. The number of hydrogen-bond acceptors (Lipinski definition) is 3. The summed E-state index contributed by atoms with van der Waals surface area (Å²) in [6, 6.07) is 5.57. The van der Waals surface area contributed by atoms with Gasteiger partial charge in [-0.2, -0.15) is 5.10 Å². The van der Waals surface area contributed by atoms with Crippen molar-refractivity contribution in [2.45, 2.75) is 44.4 Å². The number of hydrogen-bond donors (Lipinski definition) is 1. The summed E-state index contributed by atoms with van der Waals surface area (Å²) in [7, 11) is -1.24. The van der Waals surface area contributed by atoms with Gasteiger partial charge in [-0.1, -0.05) is 24.6 Å². The van der Waals surface area contributed by atoms with Crippen LogP contribution in [-0.4, -0.2) is 14.0 Å². The molecule has 0 bridgehead atoms. The third-order valence-electron chi connectivity index (χ3n) is 3.37. The molecule has 6 heteroatoms. The van der Waals surface area contributed by atoms with Crippen LogP contribution >= 0.6 is 11.6 Å². The number of aryl methyl sites for hydroxylation is 3. The van der Waals surface area contributed by atoms with Gasteiger partial charge in [0.05, 0.1) is 37.9 Å². The highest BCUT2D eigenvalue weighted by Crippen LogP contribution is 2.26. The molecule has 2 rings (SSSR count). The van der Waals surface area contributed by atoms with Crippen LogP contribution in [0.3, 0.4) is 0 Å². The molecule has 1 aromatic carbocycles. The molecular formula is C15H20ClN3OS. The van der Waals surface area contributed by atoms with Gasteiger partial charge in [0.2, 0.25) is 0 Å². The fourth-order valence-corrected chi connectivity index (χ4v) is 3.89. The summed E-state index contributed by atoms with van der Waals surface area (Å²) >= 11 is 6.36. The fraction of sp³-hybridized carbons (Fsp3) is 0.400. The van der Waals surface area contributed by atoms with Gasteiger partial charge in [0.25, 0.3) is 0 Å². The average molecular weight is 326 g/mol. The van der Waals surface area contributed by atoms with Gasteiger partial charge in [0, 0.05) is 12.2 Å². The van der Waals surface area contributed by atoms with E-state index in [4.69, 9.17) is 17.3 Å². The van der Waals surface area contributed by atoms with Crippen molar-refractivity contribution in [2.24, 2.45) is 0 Å². The van der Waals surface area contributed by atoms with Gasteiger partial charge in [-0.25, -0.2) is 0 Å². The second kappa shape index (κ2) is 6.62. The summed E-state index contributed by atoms with van der Waals surface area (Å²) in [5.41, 5.74) is 9.24. The minimum atomic E-state index is -1.24. The highest BCUT2D eigenvalue weighted by molar-refractivity contribution is 7.84. The maximum atomic E-state index is 12.6. The van der Waals surface area contributed by atoms with Crippen LogP contribution < -0.4 is 5.73 Å². The van der Waals surface area contributed by atoms with Crippen LogP contribution in [-0.2, 0) is 29.5 Å². The van der Waals surface area contributed by atoms with Crippen LogP contribution in [0, 0.1) is 6.92 Å². The maximum Gasteiger partial charge on any atom is 0.0859 e. The van der Waals surface area contributed by atoms with E-state index in [0.717, 1.165) is 23.4 Å². The van der Waals surface area contributed by atoms with E-state index in [2.05, 4.69) is 5.10 Å². The Bertz CT molecular complexity index is 682. The Labute approximate surface area is 132 Å². The lowest BCUT2D eigenvalue weighted by Gasteiger charge is -2.08. The number of nitrogens with two attached hydrogens (primary N) is 1. The van der Waals surface area contributed by atoms with Crippen molar-refractivity contribution in [3.05, 3.63) is 40.2 Å². The Morgan fingerprint density at radius 2 is 2.10 bits per heavy atom. The zero-order valence-electron chi connectivity index (χ0n) is 12.5. The highest BCUT2D eigenvalue weighted by Gasteiger charge is 2.18. The molecule has 0 fully saturated rings. The van der Waals surface area contributed by atoms with Crippen LogP contribution in [0.1, 0.15) is 30.8 Å². The average Bonchev–Trinajstić information content (AvgIpc) is 2.75. The van der Waals surface area contributed by atoms with Gasteiger partial charge in [0.15, 0.2) is 0 Å². The van der Waals surface area contributed by atoms with Crippen molar-refractivity contribution in [2.75, 3.05) is 5.73 Å². The molecule has 0 amide bonds. The van der Waals surface area contributed by atoms with Crippen molar-refractivity contribution in [3.8, 4) is 0 Å². The van der Waals surface area contributed by atoms with E-state index in [-0.39, 0.29) is 0 Å². The molecule has 1 aromatic heterocycles. The van der Waals surface area contributed by atoms with Gasteiger partial charge in [-0.15, -0.1) is 0 Å². The zero-order chi connectivity index (χ0) is 15.6. The molecule has 0 spiro atoms. The minimum absolute atomic E-state index is 0.326. The minimum Gasteiger partial charge on any atom is -0.398 e. The lowest BCUT2D eigenvalue weighted by Crippen LogP contribution is -2.07. The van der Waals surface area contributed by atoms with Gasteiger partial charge in [-0.05, 0) is 38.0 Å². The molecule has 1 unspecified atom stereocenters. The SMILES string of the molecule is CCc1nn(CC)c(CS(=O)c2ccc(C)cc2N)c1Cl. The molecule has 0 aliphatic heterocycles. The summed E-state index contributed by atoms with van der Waals surface area (Å²) < 4.78 is 14.4. The molecule has 0 saturated carbocycles. The predicted octanol–water partition coefficient (Wildman–Crippen LogP) is 3.32. The number of rotatable bonds is 5. The van der Waals surface area contributed by atoms with Gasteiger partial charge < -0.3 is 5.73 Å². The van der Waals surface area contributed by atoms with E-state index < -0.39 is 10.8 Å². The van der Waals surface area contributed by atoms with E-state index in [9.17, 15) is 4.21 Å². The van der Waals surface area contributed by atoms with Gasteiger partial charge in [-0.3, -0.25) is 8.89 Å². The van der Waals surface area contributed by atoms with Crippen LogP contribution in [0.5, 0.6) is 0 Å². The van der Waals surface area contributed by atoms with Crippen molar-refractivity contribution >= 4 is 28.1 Å². The molecule has 2 N–H and O–H groups in total. The number of aromatic nitrogens is 2. The third kappa shape index (κ3) is 3.30. The van der Waals surface area contributed by atoms with Crippen LogP contribution in [0.15, 0.2) is 23.1 Å². The smallest absolute Gasteiger partial charge is 0.0859 e. The van der Waals surface area contributed by atoms with E-state index in [0.29, 0.717) is 27.9 Å². The topological polar surface area (TPSA) is 60.9 Å². The molecule has 1 atom stereocenters. The summed E-state index contributed by atoms with van der Waals surface area (Å²) in [6.45, 7) is 6.66. The predicted molar refractivity (Wildman–Crippen MR) is 88.0 cm³/mol. The number of anilines is 1. The Balaban J connectivity index is 2.33. The first-order valence-electron chi connectivity index (χ1n) is 6.96. The summed E-state index contributed by atoms with van der Waals surface area (Å²) in [6.07, 6.45) is 0.762. The van der Waals surface area contributed by atoms with Gasteiger partial charge >= 0.3 is 0 Å². The first kappa shape index (κ1) is 16.0. The van der Waals surface area contributed by atoms with E-state index in [1.807, 2.05) is 43.7 Å². The van der Waals surface area contributed by atoms with E-state index >= 15 is 0 Å². The summed E-state index contributed by atoms with van der Waals surface area (Å²) in [5, 5.41) is 5.07. The van der Waals surface area contributed by atoms with Gasteiger partial charge in [0.1, 0.15) is 0 Å². The zero-order valence-corrected chi connectivity index (χ0v) is 14.1. The summed E-state index contributed by atoms with van der Waals surface area (Å²) in [5.74, 6) is 0.326. The van der Waals surface area contributed by atoms with Crippen molar-refractivity contribution in [3.63, 3.8) is 0 Å². The Morgan fingerprint density at radius 1 is 1.38 bits per heavy atom. The molecular weight excluding hydrogens is 306 g/mol. The number of nitrogen functional groups attached to an aromatic ring is 1. The van der Waals surface area contributed by atoms with Crippen molar-refractivity contribution < 1.29 is 4.21 Å². The fourth-order valence-electron chi connectivity index (χ4n) is 2.23. The van der Waals surface area contributed by atoms with Crippen molar-refractivity contribution in [1.29, 1.82) is 0 Å². The summed E-state index contributed by atoms with van der Waals surface area (Å²) in [4.78, 5) is 0.651. The van der Waals surface area contributed by atoms with E-state index in [1.54, 1.807) is 0 Å².